The summed E-state index contributed by atoms with van der Waals surface area (Å²) in [5.41, 5.74) is -0.532. The van der Waals surface area contributed by atoms with Gasteiger partial charge in [-0.1, -0.05) is 0 Å². The number of rotatable bonds is 1. The van der Waals surface area contributed by atoms with Crippen LogP contribution in [0.1, 0.15) is 16.3 Å². The lowest BCUT2D eigenvalue weighted by molar-refractivity contribution is 0.0684. The zero-order valence-corrected chi connectivity index (χ0v) is 5.64. The van der Waals surface area contributed by atoms with Crippen LogP contribution in [0.25, 0.3) is 0 Å². The van der Waals surface area contributed by atoms with Crippen LogP contribution in [-0.4, -0.2) is 31.4 Å². The summed E-state index contributed by atoms with van der Waals surface area (Å²) in [6.07, 6.45) is 0. The maximum absolute atomic E-state index is 10.2. The maximum Gasteiger partial charge on any atom is 0.362 e. The topological polar surface area (TPSA) is 96.2 Å². The van der Waals surface area contributed by atoms with Crippen LogP contribution in [0.5, 0.6) is 5.88 Å². The lowest BCUT2D eigenvalue weighted by Crippen LogP contribution is -2.05. The Morgan fingerprint density at radius 1 is 1.45 bits per heavy atom. The SMILES string of the molecule is Cc1nnc(C(=O)O)c(O)n1. The Kier molecular flexibility index (Phi) is 1.67. The minimum Gasteiger partial charge on any atom is -0.491 e. The van der Waals surface area contributed by atoms with Crippen molar-refractivity contribution in [1.82, 2.24) is 15.2 Å². The molecule has 0 saturated heterocycles. The molecule has 1 aromatic heterocycles. The third-order valence-corrected chi connectivity index (χ3v) is 0.977. The van der Waals surface area contributed by atoms with E-state index in [-0.39, 0.29) is 5.82 Å². The lowest BCUT2D eigenvalue weighted by atomic mass is 10.4. The summed E-state index contributed by atoms with van der Waals surface area (Å²) in [7, 11) is 0. The minimum absolute atomic E-state index is 0.229. The first-order chi connectivity index (χ1) is 5.11. The van der Waals surface area contributed by atoms with E-state index in [4.69, 9.17) is 10.2 Å². The van der Waals surface area contributed by atoms with Crippen molar-refractivity contribution in [1.29, 1.82) is 0 Å². The van der Waals surface area contributed by atoms with E-state index in [1.165, 1.54) is 6.92 Å². The van der Waals surface area contributed by atoms with E-state index < -0.39 is 17.5 Å². The van der Waals surface area contributed by atoms with Crippen molar-refractivity contribution in [2.24, 2.45) is 0 Å². The maximum atomic E-state index is 10.2. The first-order valence-corrected chi connectivity index (χ1v) is 2.75. The van der Waals surface area contributed by atoms with Crippen molar-refractivity contribution in [3.8, 4) is 5.88 Å². The van der Waals surface area contributed by atoms with Gasteiger partial charge in [0, 0.05) is 0 Å². The van der Waals surface area contributed by atoms with Gasteiger partial charge < -0.3 is 10.2 Å². The zero-order chi connectivity index (χ0) is 8.43. The number of hydrogen-bond acceptors (Lipinski definition) is 5. The van der Waals surface area contributed by atoms with Gasteiger partial charge in [0.05, 0.1) is 0 Å². The smallest absolute Gasteiger partial charge is 0.362 e. The van der Waals surface area contributed by atoms with Gasteiger partial charge in [0.15, 0.2) is 5.82 Å². The Labute approximate surface area is 61.5 Å². The Balaban J connectivity index is 3.20. The summed E-state index contributed by atoms with van der Waals surface area (Å²) in [5, 5.41) is 23.8. The van der Waals surface area contributed by atoms with Crippen LogP contribution in [0.2, 0.25) is 0 Å². The molecule has 0 aliphatic rings. The molecule has 0 aliphatic carbocycles. The Hall–Kier alpha value is -1.72. The molecule has 0 spiro atoms. The van der Waals surface area contributed by atoms with Crippen LogP contribution in [0.15, 0.2) is 0 Å². The van der Waals surface area contributed by atoms with Crippen LogP contribution in [0.3, 0.4) is 0 Å². The van der Waals surface area contributed by atoms with Gasteiger partial charge in [-0.25, -0.2) is 4.79 Å². The summed E-state index contributed by atoms with van der Waals surface area (Å²) in [5.74, 6) is -1.72. The van der Waals surface area contributed by atoms with Gasteiger partial charge in [-0.05, 0) is 6.92 Å². The molecule has 0 atom stereocenters. The molecule has 0 aliphatic heterocycles. The fraction of sp³-hybridized carbons (Fsp3) is 0.200. The van der Waals surface area contributed by atoms with Crippen LogP contribution in [-0.2, 0) is 0 Å². The van der Waals surface area contributed by atoms with Crippen LogP contribution >= 0.6 is 0 Å². The van der Waals surface area contributed by atoms with Gasteiger partial charge in [0.2, 0.25) is 11.6 Å². The van der Waals surface area contributed by atoms with E-state index in [9.17, 15) is 4.79 Å². The molecule has 0 unspecified atom stereocenters. The van der Waals surface area contributed by atoms with E-state index >= 15 is 0 Å². The fourth-order valence-electron chi connectivity index (χ4n) is 0.534. The summed E-state index contributed by atoms with van der Waals surface area (Å²) < 4.78 is 0. The normalized spacial score (nSPS) is 9.55. The predicted molar refractivity (Wildman–Crippen MR) is 33.2 cm³/mol. The Morgan fingerprint density at radius 2 is 2.09 bits per heavy atom. The molecule has 0 amide bonds. The second-order valence-corrected chi connectivity index (χ2v) is 1.84. The van der Waals surface area contributed by atoms with Crippen molar-refractivity contribution in [2.75, 3.05) is 0 Å². The number of aromatic carboxylic acids is 1. The molecule has 0 saturated carbocycles. The van der Waals surface area contributed by atoms with Crippen molar-refractivity contribution in [2.45, 2.75) is 6.92 Å². The van der Waals surface area contributed by atoms with E-state index in [0.29, 0.717) is 0 Å². The summed E-state index contributed by atoms with van der Waals surface area (Å²) in [6, 6.07) is 0. The van der Waals surface area contributed by atoms with Gasteiger partial charge in [0.1, 0.15) is 0 Å². The van der Waals surface area contributed by atoms with Crippen LogP contribution in [0.4, 0.5) is 0 Å². The number of carboxylic acid groups (broad SMARTS) is 1. The van der Waals surface area contributed by atoms with E-state index in [0.717, 1.165) is 0 Å². The summed E-state index contributed by atoms with van der Waals surface area (Å²) in [4.78, 5) is 13.6. The fourth-order valence-corrected chi connectivity index (χ4v) is 0.534. The molecule has 1 rings (SSSR count). The predicted octanol–water partition coefficient (Wildman–Crippen LogP) is -0.416. The van der Waals surface area contributed by atoms with Gasteiger partial charge >= 0.3 is 5.97 Å². The van der Waals surface area contributed by atoms with Crippen molar-refractivity contribution >= 4 is 5.97 Å². The Morgan fingerprint density at radius 3 is 2.55 bits per heavy atom. The molecule has 0 aromatic carbocycles. The first kappa shape index (κ1) is 7.39. The molecule has 0 radical (unpaired) electrons. The van der Waals surface area contributed by atoms with Gasteiger partial charge in [0.25, 0.3) is 0 Å². The van der Waals surface area contributed by atoms with Crippen molar-refractivity contribution < 1.29 is 15.0 Å². The van der Waals surface area contributed by atoms with E-state index in [1.54, 1.807) is 0 Å². The highest BCUT2D eigenvalue weighted by atomic mass is 16.4. The number of carboxylic acids is 1. The van der Waals surface area contributed by atoms with E-state index in [2.05, 4.69) is 15.2 Å². The molecule has 2 N–H and O–H groups in total. The molecule has 0 bridgehead atoms. The highest BCUT2D eigenvalue weighted by Crippen LogP contribution is 2.07. The average molecular weight is 155 g/mol. The second kappa shape index (κ2) is 2.49. The van der Waals surface area contributed by atoms with Gasteiger partial charge in [-0.15, -0.1) is 10.2 Å². The third kappa shape index (κ3) is 1.40. The number of aromatic hydroxyl groups is 1. The van der Waals surface area contributed by atoms with Crippen LogP contribution < -0.4 is 0 Å². The molecular formula is C5H5N3O3. The lowest BCUT2D eigenvalue weighted by Gasteiger charge is -1.95. The molecule has 11 heavy (non-hydrogen) atoms. The van der Waals surface area contributed by atoms with Gasteiger partial charge in [-0.3, -0.25) is 0 Å². The molecule has 58 valence electrons. The summed E-state index contributed by atoms with van der Waals surface area (Å²) >= 11 is 0. The van der Waals surface area contributed by atoms with Crippen molar-refractivity contribution in [3.05, 3.63) is 11.5 Å². The summed E-state index contributed by atoms with van der Waals surface area (Å²) in [6.45, 7) is 1.50. The molecule has 6 nitrogen and oxygen atoms in total. The number of carbonyl (C=O) groups is 1. The van der Waals surface area contributed by atoms with Gasteiger partial charge in [-0.2, -0.15) is 4.98 Å². The third-order valence-electron chi connectivity index (χ3n) is 0.977. The molecular weight excluding hydrogens is 150 g/mol. The monoisotopic (exact) mass is 155 g/mol. The average Bonchev–Trinajstić information content (AvgIpc) is 1.85. The molecule has 1 heterocycles. The number of aromatic nitrogens is 3. The van der Waals surface area contributed by atoms with E-state index in [1.807, 2.05) is 0 Å². The highest BCUT2D eigenvalue weighted by Gasteiger charge is 2.12. The van der Waals surface area contributed by atoms with Crippen LogP contribution in [0, 0.1) is 6.92 Å². The second-order valence-electron chi connectivity index (χ2n) is 1.84. The zero-order valence-electron chi connectivity index (χ0n) is 5.64. The number of nitrogens with zero attached hydrogens (tertiary/aromatic N) is 3. The standard InChI is InChI=1S/C5H5N3O3/c1-2-6-4(9)3(5(10)11)8-7-2/h1H3,(H,10,11)(H,6,7,9). The van der Waals surface area contributed by atoms with Crippen molar-refractivity contribution in [3.63, 3.8) is 0 Å². The minimum atomic E-state index is -1.34. The molecule has 6 heteroatoms. The molecule has 0 fully saturated rings. The largest absolute Gasteiger partial charge is 0.491 e. The molecule has 1 aromatic rings. The first-order valence-electron chi connectivity index (χ1n) is 2.75. The number of hydrogen-bond donors (Lipinski definition) is 2. The highest BCUT2D eigenvalue weighted by molar-refractivity contribution is 5.87. The quantitative estimate of drug-likeness (QED) is 0.571. The number of aryl methyl sites for hydroxylation is 1. The Bertz CT molecular complexity index is 299.